The first-order valence-electron chi connectivity index (χ1n) is 4.58. The van der Waals surface area contributed by atoms with E-state index in [1.54, 1.807) is 24.2 Å². The van der Waals surface area contributed by atoms with E-state index in [-0.39, 0.29) is 6.10 Å². The second kappa shape index (κ2) is 6.27. The van der Waals surface area contributed by atoms with Crippen LogP contribution in [0.3, 0.4) is 0 Å². The van der Waals surface area contributed by atoms with Crippen molar-refractivity contribution < 1.29 is 5.11 Å². The molecular formula is C10H14ClNOS. The summed E-state index contributed by atoms with van der Waals surface area (Å²) in [4.78, 5) is 3.90. The van der Waals surface area contributed by atoms with Gasteiger partial charge in [0.2, 0.25) is 0 Å². The van der Waals surface area contributed by atoms with Gasteiger partial charge in [0.05, 0.1) is 11.1 Å². The number of thioether (sulfide) groups is 1. The number of aliphatic hydroxyl groups is 1. The summed E-state index contributed by atoms with van der Waals surface area (Å²) < 4.78 is 0. The van der Waals surface area contributed by atoms with Crippen LogP contribution >= 0.6 is 23.4 Å². The van der Waals surface area contributed by atoms with E-state index in [2.05, 4.69) is 11.9 Å². The minimum atomic E-state index is -0.320. The van der Waals surface area contributed by atoms with Gasteiger partial charge >= 0.3 is 0 Å². The Morgan fingerprint density at radius 2 is 2.43 bits per heavy atom. The Bertz CT molecular complexity index is 283. The van der Waals surface area contributed by atoms with E-state index in [0.29, 0.717) is 11.4 Å². The Labute approximate surface area is 93.7 Å². The smallest absolute Gasteiger partial charge is 0.0671 e. The third-order valence-electron chi connectivity index (χ3n) is 1.83. The van der Waals surface area contributed by atoms with E-state index in [4.69, 9.17) is 11.6 Å². The molecule has 0 amide bonds. The second-order valence-corrected chi connectivity index (χ2v) is 4.71. The fourth-order valence-electron chi connectivity index (χ4n) is 1.14. The van der Waals surface area contributed by atoms with Crippen molar-refractivity contribution in [3.05, 3.63) is 29.0 Å². The van der Waals surface area contributed by atoms with E-state index in [1.807, 2.05) is 6.07 Å². The van der Waals surface area contributed by atoms with Gasteiger partial charge in [-0.1, -0.05) is 18.5 Å². The molecule has 78 valence electrons. The van der Waals surface area contributed by atoms with Gasteiger partial charge in [0.15, 0.2) is 0 Å². The lowest BCUT2D eigenvalue weighted by Crippen LogP contribution is -2.14. The molecular weight excluding hydrogens is 218 g/mol. The van der Waals surface area contributed by atoms with Crippen LogP contribution in [0.5, 0.6) is 0 Å². The molecule has 1 heterocycles. The molecule has 4 heteroatoms. The SMILES string of the molecule is CCSCC(O)Cc1ccncc1Cl. The van der Waals surface area contributed by atoms with Gasteiger partial charge in [-0.3, -0.25) is 4.98 Å². The molecule has 0 bridgehead atoms. The monoisotopic (exact) mass is 231 g/mol. The Balaban J connectivity index is 2.47. The molecule has 1 aromatic rings. The summed E-state index contributed by atoms with van der Waals surface area (Å²) in [7, 11) is 0. The Morgan fingerprint density at radius 1 is 1.64 bits per heavy atom. The first-order chi connectivity index (χ1) is 6.74. The molecule has 0 saturated carbocycles. The predicted octanol–water partition coefficient (Wildman–Crippen LogP) is 2.39. The van der Waals surface area contributed by atoms with Crippen LogP contribution in [0.4, 0.5) is 0 Å². The molecule has 1 unspecified atom stereocenters. The van der Waals surface area contributed by atoms with Crippen molar-refractivity contribution in [1.29, 1.82) is 0 Å². The third kappa shape index (κ3) is 3.86. The molecule has 0 saturated heterocycles. The summed E-state index contributed by atoms with van der Waals surface area (Å²) in [5.74, 6) is 1.79. The first kappa shape index (κ1) is 11.8. The van der Waals surface area contributed by atoms with Gasteiger partial charge in [-0.2, -0.15) is 11.8 Å². The van der Waals surface area contributed by atoms with Gasteiger partial charge in [-0.15, -0.1) is 0 Å². The lowest BCUT2D eigenvalue weighted by molar-refractivity contribution is 0.200. The summed E-state index contributed by atoms with van der Waals surface area (Å²) in [6.45, 7) is 2.08. The molecule has 1 aromatic heterocycles. The van der Waals surface area contributed by atoms with Crippen LogP contribution < -0.4 is 0 Å². The number of rotatable bonds is 5. The van der Waals surface area contributed by atoms with Gasteiger partial charge in [-0.25, -0.2) is 0 Å². The average Bonchev–Trinajstić information content (AvgIpc) is 2.18. The van der Waals surface area contributed by atoms with Gasteiger partial charge in [0, 0.05) is 24.6 Å². The van der Waals surface area contributed by atoms with E-state index in [1.165, 1.54) is 0 Å². The first-order valence-corrected chi connectivity index (χ1v) is 6.11. The van der Waals surface area contributed by atoms with Gasteiger partial charge in [-0.05, 0) is 17.4 Å². The number of pyridine rings is 1. The number of aromatic nitrogens is 1. The van der Waals surface area contributed by atoms with E-state index < -0.39 is 0 Å². The van der Waals surface area contributed by atoms with Crippen molar-refractivity contribution in [2.45, 2.75) is 19.4 Å². The van der Waals surface area contributed by atoms with E-state index in [0.717, 1.165) is 17.1 Å². The van der Waals surface area contributed by atoms with Crippen LogP contribution in [0.15, 0.2) is 18.5 Å². The molecule has 0 fully saturated rings. The topological polar surface area (TPSA) is 33.1 Å². The lowest BCUT2D eigenvalue weighted by atomic mass is 10.1. The van der Waals surface area contributed by atoms with Crippen molar-refractivity contribution >= 4 is 23.4 Å². The highest BCUT2D eigenvalue weighted by Gasteiger charge is 2.07. The molecule has 0 spiro atoms. The highest BCUT2D eigenvalue weighted by atomic mass is 35.5. The molecule has 1 atom stereocenters. The standard InChI is InChI=1S/C10H14ClNOS/c1-2-14-7-9(13)5-8-3-4-12-6-10(8)11/h3-4,6,9,13H,2,5,7H2,1H3. The van der Waals surface area contributed by atoms with Crippen molar-refractivity contribution in [2.24, 2.45) is 0 Å². The summed E-state index contributed by atoms with van der Waals surface area (Å²) in [6, 6.07) is 1.85. The number of aliphatic hydroxyl groups excluding tert-OH is 1. The Kier molecular flexibility index (Phi) is 5.30. The number of hydrogen-bond donors (Lipinski definition) is 1. The average molecular weight is 232 g/mol. The van der Waals surface area contributed by atoms with Crippen LogP contribution in [0, 0.1) is 0 Å². The summed E-state index contributed by atoms with van der Waals surface area (Å²) in [5, 5.41) is 10.3. The number of hydrogen-bond acceptors (Lipinski definition) is 3. The number of nitrogens with zero attached hydrogens (tertiary/aromatic N) is 1. The van der Waals surface area contributed by atoms with Crippen LogP contribution in [0.1, 0.15) is 12.5 Å². The molecule has 14 heavy (non-hydrogen) atoms. The zero-order valence-electron chi connectivity index (χ0n) is 8.11. The van der Waals surface area contributed by atoms with Crippen LogP contribution in [0.25, 0.3) is 0 Å². The van der Waals surface area contributed by atoms with Crippen molar-refractivity contribution in [1.82, 2.24) is 4.98 Å². The second-order valence-electron chi connectivity index (χ2n) is 2.98. The zero-order chi connectivity index (χ0) is 10.4. The minimum absolute atomic E-state index is 0.320. The predicted molar refractivity (Wildman–Crippen MR) is 62.0 cm³/mol. The Hall–Kier alpha value is -0.250. The van der Waals surface area contributed by atoms with Crippen molar-refractivity contribution in [3.8, 4) is 0 Å². The quantitative estimate of drug-likeness (QED) is 0.845. The Morgan fingerprint density at radius 3 is 3.07 bits per heavy atom. The van der Waals surface area contributed by atoms with Gasteiger partial charge in [0.1, 0.15) is 0 Å². The van der Waals surface area contributed by atoms with Gasteiger partial charge in [0.25, 0.3) is 0 Å². The molecule has 0 aliphatic rings. The molecule has 1 rings (SSSR count). The van der Waals surface area contributed by atoms with Crippen LogP contribution in [-0.4, -0.2) is 27.7 Å². The van der Waals surface area contributed by atoms with E-state index >= 15 is 0 Å². The summed E-state index contributed by atoms with van der Waals surface area (Å²) in [6.07, 6.45) is 3.59. The van der Waals surface area contributed by atoms with Crippen molar-refractivity contribution in [3.63, 3.8) is 0 Å². The fraction of sp³-hybridized carbons (Fsp3) is 0.500. The maximum absolute atomic E-state index is 9.66. The van der Waals surface area contributed by atoms with Gasteiger partial charge < -0.3 is 5.11 Å². The normalized spacial score (nSPS) is 12.8. The highest BCUT2D eigenvalue weighted by Crippen LogP contribution is 2.16. The van der Waals surface area contributed by atoms with E-state index in [9.17, 15) is 5.11 Å². The maximum atomic E-state index is 9.66. The third-order valence-corrected chi connectivity index (χ3v) is 3.20. The largest absolute Gasteiger partial charge is 0.392 e. The minimum Gasteiger partial charge on any atom is -0.392 e. The van der Waals surface area contributed by atoms with Crippen molar-refractivity contribution in [2.75, 3.05) is 11.5 Å². The maximum Gasteiger partial charge on any atom is 0.0671 e. The molecule has 2 nitrogen and oxygen atoms in total. The molecule has 1 N–H and O–H groups in total. The number of halogens is 1. The summed E-state index contributed by atoms with van der Waals surface area (Å²) in [5.41, 5.74) is 0.964. The van der Waals surface area contributed by atoms with Crippen LogP contribution in [-0.2, 0) is 6.42 Å². The lowest BCUT2D eigenvalue weighted by Gasteiger charge is -2.10. The fourth-order valence-corrected chi connectivity index (χ4v) is 1.96. The molecule has 0 radical (unpaired) electrons. The summed E-state index contributed by atoms with van der Waals surface area (Å²) >= 11 is 7.65. The molecule has 0 aromatic carbocycles. The molecule has 0 aliphatic heterocycles. The van der Waals surface area contributed by atoms with Crippen LogP contribution in [0.2, 0.25) is 5.02 Å². The molecule has 0 aliphatic carbocycles. The zero-order valence-corrected chi connectivity index (χ0v) is 9.68. The highest BCUT2D eigenvalue weighted by molar-refractivity contribution is 7.99.